The highest BCUT2D eigenvalue weighted by Crippen LogP contribution is 2.34. The lowest BCUT2D eigenvalue weighted by atomic mass is 9.77. The van der Waals surface area contributed by atoms with Crippen molar-refractivity contribution in [3.8, 4) is 0 Å². The van der Waals surface area contributed by atoms with Gasteiger partial charge in [-0.05, 0) is 17.5 Å². The highest BCUT2D eigenvalue weighted by molar-refractivity contribution is 5.86. The van der Waals surface area contributed by atoms with Gasteiger partial charge in [0.1, 0.15) is 0 Å². The molecule has 1 aliphatic carbocycles. The van der Waals surface area contributed by atoms with Gasteiger partial charge in [-0.2, -0.15) is 0 Å². The molecule has 1 aliphatic rings. The Morgan fingerprint density at radius 1 is 1.38 bits per heavy atom. The lowest BCUT2D eigenvalue weighted by molar-refractivity contribution is -0.123. The van der Waals surface area contributed by atoms with Gasteiger partial charge in [0, 0.05) is 19.3 Å². The number of nitrogens with one attached hydrogen (secondary N) is 1. The van der Waals surface area contributed by atoms with Crippen LogP contribution >= 0.6 is 0 Å². The number of benzene rings is 1. The van der Waals surface area contributed by atoms with E-state index in [1.54, 1.807) is 4.57 Å². The van der Waals surface area contributed by atoms with Crippen molar-refractivity contribution in [2.45, 2.75) is 18.9 Å². The number of fused-ring (bicyclic) bond motifs is 1. The molecule has 0 radical (unpaired) electrons. The summed E-state index contributed by atoms with van der Waals surface area (Å²) in [4.78, 5) is 26.5. The maximum atomic E-state index is 12.1. The molecule has 0 spiro atoms. The van der Waals surface area contributed by atoms with Gasteiger partial charge in [0.25, 0.3) is 0 Å². The summed E-state index contributed by atoms with van der Waals surface area (Å²) in [5, 5.41) is 11.6. The van der Waals surface area contributed by atoms with E-state index in [4.69, 9.17) is 5.11 Å². The Labute approximate surface area is 121 Å². The van der Waals surface area contributed by atoms with E-state index < -0.39 is 5.97 Å². The van der Waals surface area contributed by atoms with E-state index in [0.717, 1.165) is 12.0 Å². The van der Waals surface area contributed by atoms with E-state index in [-0.39, 0.29) is 17.5 Å². The van der Waals surface area contributed by atoms with Gasteiger partial charge >= 0.3 is 5.97 Å². The number of nitrogens with zero attached hydrogens (tertiary/aromatic N) is 2. The molecule has 0 aliphatic heterocycles. The lowest BCUT2D eigenvalue weighted by Crippen LogP contribution is -2.36. The molecule has 1 amide bonds. The summed E-state index contributed by atoms with van der Waals surface area (Å²) in [6.45, 7) is 0.952. The first kappa shape index (κ1) is 13.4. The quantitative estimate of drug-likeness (QED) is 0.859. The van der Waals surface area contributed by atoms with Gasteiger partial charge in [-0.1, -0.05) is 24.3 Å². The Kier molecular flexibility index (Phi) is 3.43. The van der Waals surface area contributed by atoms with Gasteiger partial charge in [-0.3, -0.25) is 4.79 Å². The predicted molar refractivity (Wildman–Crippen MR) is 75.1 cm³/mol. The van der Waals surface area contributed by atoms with E-state index in [2.05, 4.69) is 10.3 Å². The molecule has 2 N–H and O–H groups in total. The number of carbonyl (C=O) groups excluding carboxylic acids is 1. The van der Waals surface area contributed by atoms with Crippen molar-refractivity contribution in [3.05, 3.63) is 53.6 Å². The van der Waals surface area contributed by atoms with E-state index >= 15 is 0 Å². The highest BCUT2D eigenvalue weighted by atomic mass is 16.4. The van der Waals surface area contributed by atoms with E-state index in [9.17, 15) is 9.59 Å². The smallest absolute Gasteiger partial charge is 0.356 e. The van der Waals surface area contributed by atoms with Crippen LogP contribution in [0.3, 0.4) is 0 Å². The van der Waals surface area contributed by atoms with Crippen LogP contribution < -0.4 is 5.32 Å². The second-order valence-electron chi connectivity index (χ2n) is 5.05. The molecule has 6 heteroatoms. The molecule has 0 bridgehead atoms. The molecule has 1 aromatic heterocycles. The van der Waals surface area contributed by atoms with E-state index in [1.807, 2.05) is 24.3 Å². The number of amides is 1. The number of hydrogen-bond donors (Lipinski definition) is 2. The molecule has 2 aromatic rings. The molecular formula is C15H15N3O3. The first-order chi connectivity index (χ1) is 10.1. The van der Waals surface area contributed by atoms with Crippen LogP contribution in [0.25, 0.3) is 0 Å². The van der Waals surface area contributed by atoms with Gasteiger partial charge in [0.05, 0.1) is 12.2 Å². The largest absolute Gasteiger partial charge is 0.476 e. The molecule has 1 unspecified atom stereocenters. The van der Waals surface area contributed by atoms with Crippen molar-refractivity contribution < 1.29 is 14.7 Å². The summed E-state index contributed by atoms with van der Waals surface area (Å²) in [6, 6.07) is 7.94. The summed E-state index contributed by atoms with van der Waals surface area (Å²) < 4.78 is 1.65. The van der Waals surface area contributed by atoms with Gasteiger partial charge in [-0.25, -0.2) is 9.78 Å². The molecule has 108 valence electrons. The Balaban J connectivity index is 1.50. The first-order valence-electron chi connectivity index (χ1n) is 6.76. The maximum absolute atomic E-state index is 12.1. The topological polar surface area (TPSA) is 84.2 Å². The minimum absolute atomic E-state index is 0.00856. The van der Waals surface area contributed by atoms with Crippen LogP contribution in [0.4, 0.5) is 0 Å². The number of rotatable bonds is 5. The third-order valence-corrected chi connectivity index (χ3v) is 3.69. The van der Waals surface area contributed by atoms with E-state index in [1.165, 1.54) is 18.1 Å². The van der Waals surface area contributed by atoms with Crippen molar-refractivity contribution in [2.75, 3.05) is 6.54 Å². The summed E-state index contributed by atoms with van der Waals surface area (Å²) >= 11 is 0. The summed E-state index contributed by atoms with van der Waals surface area (Å²) in [7, 11) is 0. The van der Waals surface area contributed by atoms with Crippen molar-refractivity contribution in [1.29, 1.82) is 0 Å². The van der Waals surface area contributed by atoms with Crippen LogP contribution in [-0.4, -0.2) is 33.1 Å². The van der Waals surface area contributed by atoms with Gasteiger partial charge in [0.2, 0.25) is 5.91 Å². The standard InChI is InChI=1S/C15H15N3O3/c19-14(12-7-10-3-1-2-4-11(10)12)16-5-6-18-8-13(15(20)21)17-9-18/h1-4,8-9,12H,5-7H2,(H,16,19)(H,20,21). The Morgan fingerprint density at radius 2 is 2.19 bits per heavy atom. The normalized spacial score (nSPS) is 15.9. The summed E-state index contributed by atoms with van der Waals surface area (Å²) in [6.07, 6.45) is 3.69. The molecule has 3 rings (SSSR count). The van der Waals surface area contributed by atoms with Crippen molar-refractivity contribution in [3.63, 3.8) is 0 Å². The third-order valence-electron chi connectivity index (χ3n) is 3.69. The third kappa shape index (κ3) is 2.65. The second-order valence-corrected chi connectivity index (χ2v) is 5.05. The zero-order chi connectivity index (χ0) is 14.8. The monoisotopic (exact) mass is 285 g/mol. The molecule has 21 heavy (non-hydrogen) atoms. The van der Waals surface area contributed by atoms with Crippen LogP contribution in [0, 0.1) is 0 Å². The number of aromatic carboxylic acids is 1. The second kappa shape index (κ2) is 5.40. The van der Waals surface area contributed by atoms with Crippen molar-refractivity contribution in [1.82, 2.24) is 14.9 Å². The van der Waals surface area contributed by atoms with Crippen LogP contribution in [0.5, 0.6) is 0 Å². The lowest BCUT2D eigenvalue weighted by Gasteiger charge is -2.28. The Morgan fingerprint density at radius 3 is 2.90 bits per heavy atom. The molecule has 0 saturated carbocycles. The van der Waals surface area contributed by atoms with Crippen LogP contribution in [0.1, 0.15) is 27.5 Å². The Hall–Kier alpha value is -2.63. The molecule has 6 nitrogen and oxygen atoms in total. The average Bonchev–Trinajstić information content (AvgIpc) is 2.89. The molecule has 1 heterocycles. The predicted octanol–water partition coefficient (Wildman–Crippen LogP) is 1.04. The zero-order valence-corrected chi connectivity index (χ0v) is 11.3. The minimum atomic E-state index is -1.05. The SMILES string of the molecule is O=C(O)c1cn(CCNC(=O)C2Cc3ccccc32)cn1. The molecule has 0 fully saturated rings. The minimum Gasteiger partial charge on any atom is -0.476 e. The van der Waals surface area contributed by atoms with Crippen molar-refractivity contribution >= 4 is 11.9 Å². The molecule has 1 aromatic carbocycles. The fraction of sp³-hybridized carbons (Fsp3) is 0.267. The fourth-order valence-electron chi connectivity index (χ4n) is 2.52. The number of carboxylic acid groups (broad SMARTS) is 1. The van der Waals surface area contributed by atoms with E-state index in [0.29, 0.717) is 13.1 Å². The van der Waals surface area contributed by atoms with Crippen LogP contribution in [0.2, 0.25) is 0 Å². The fourth-order valence-corrected chi connectivity index (χ4v) is 2.52. The molecule has 0 saturated heterocycles. The highest BCUT2D eigenvalue weighted by Gasteiger charge is 2.31. The zero-order valence-electron chi connectivity index (χ0n) is 11.3. The average molecular weight is 285 g/mol. The number of hydrogen-bond acceptors (Lipinski definition) is 3. The van der Waals surface area contributed by atoms with Crippen LogP contribution in [-0.2, 0) is 17.8 Å². The first-order valence-corrected chi connectivity index (χ1v) is 6.76. The number of aromatic nitrogens is 2. The molecular weight excluding hydrogens is 270 g/mol. The number of carbonyl (C=O) groups is 2. The van der Waals surface area contributed by atoms with Crippen LogP contribution in [0.15, 0.2) is 36.8 Å². The summed E-state index contributed by atoms with van der Waals surface area (Å²) in [5.74, 6) is -1.09. The van der Waals surface area contributed by atoms with Crippen molar-refractivity contribution in [2.24, 2.45) is 0 Å². The Bertz CT molecular complexity index is 693. The summed E-state index contributed by atoms with van der Waals surface area (Å²) in [5.41, 5.74) is 2.35. The van der Waals surface area contributed by atoms with Gasteiger partial charge in [-0.15, -0.1) is 0 Å². The number of carboxylic acids is 1. The van der Waals surface area contributed by atoms with Gasteiger partial charge < -0.3 is 15.0 Å². The number of imidazole rings is 1. The van der Waals surface area contributed by atoms with Gasteiger partial charge in [0.15, 0.2) is 5.69 Å². The molecule has 1 atom stereocenters. The maximum Gasteiger partial charge on any atom is 0.356 e.